The number of ketones is 1. The van der Waals surface area contributed by atoms with Gasteiger partial charge in [0, 0.05) is 23.5 Å². The van der Waals surface area contributed by atoms with Gasteiger partial charge in [-0.3, -0.25) is 4.79 Å². The molecular weight excluding hydrogens is 324 g/mol. The molecule has 0 atom stereocenters. The van der Waals surface area contributed by atoms with Gasteiger partial charge in [-0.2, -0.15) is 0 Å². The molecule has 120 valence electrons. The topological polar surface area (TPSA) is 34.9 Å². The summed E-state index contributed by atoms with van der Waals surface area (Å²) in [5, 5.41) is 0. The minimum absolute atomic E-state index is 0.185. The van der Waals surface area contributed by atoms with Gasteiger partial charge >= 0.3 is 0 Å². The van der Waals surface area contributed by atoms with E-state index in [-0.39, 0.29) is 5.78 Å². The molecule has 0 amide bonds. The Hall–Kier alpha value is -1.59. The van der Waals surface area contributed by atoms with Gasteiger partial charge in [0.05, 0.1) is 16.0 Å². The van der Waals surface area contributed by atoms with E-state index >= 15 is 0 Å². The van der Waals surface area contributed by atoms with Crippen LogP contribution in [-0.2, 0) is 6.54 Å². The molecule has 0 spiro atoms. The maximum Gasteiger partial charge on any atom is 0.174 e. The first-order chi connectivity index (χ1) is 11.1. The number of nitrogens with zero attached hydrogens (tertiary/aromatic N) is 2. The number of carbonyl (C=O) groups is 1. The Labute approximate surface area is 144 Å². The Kier molecular flexibility index (Phi) is 4.87. The van der Waals surface area contributed by atoms with Crippen molar-refractivity contribution in [3.05, 3.63) is 47.3 Å². The van der Waals surface area contributed by atoms with Gasteiger partial charge in [0.1, 0.15) is 0 Å². The lowest BCUT2D eigenvalue weighted by molar-refractivity contribution is 0.102. The number of rotatable bonds is 6. The van der Waals surface area contributed by atoms with Gasteiger partial charge in [-0.25, -0.2) is 4.98 Å². The molecule has 0 bridgehead atoms. The lowest BCUT2D eigenvalue weighted by Gasteiger charge is -2.07. The van der Waals surface area contributed by atoms with Crippen LogP contribution < -0.4 is 0 Å². The van der Waals surface area contributed by atoms with Crippen molar-refractivity contribution < 1.29 is 4.79 Å². The van der Waals surface area contributed by atoms with Crippen LogP contribution in [0.4, 0.5) is 0 Å². The number of carbonyl (C=O) groups excluding carboxylic acids is 1. The predicted octanol–water partition coefficient (Wildman–Crippen LogP) is 5.10. The summed E-state index contributed by atoms with van der Waals surface area (Å²) in [5.41, 5.74) is 4.11. The number of fused-ring (bicyclic) bond motifs is 1. The highest BCUT2D eigenvalue weighted by Crippen LogP contribution is 2.30. The summed E-state index contributed by atoms with van der Waals surface area (Å²) in [7, 11) is 0. The first-order valence-corrected chi connectivity index (χ1v) is 9.58. The number of para-hydroxylation sites is 1. The average molecular weight is 345 g/mol. The molecular formula is C18H20N2OS2. The highest BCUT2D eigenvalue weighted by Gasteiger charge is 2.16. The fraction of sp³-hybridized carbons (Fsp3) is 0.333. The zero-order valence-corrected chi connectivity index (χ0v) is 15.3. The zero-order chi connectivity index (χ0) is 16.4. The number of Topliss-reactive ketones (excluding diaryl/α,β-unsaturated/α-hetero) is 1. The van der Waals surface area contributed by atoms with E-state index in [1.807, 2.05) is 31.2 Å². The molecule has 0 unspecified atom stereocenters. The largest absolute Gasteiger partial charge is 0.348 e. The summed E-state index contributed by atoms with van der Waals surface area (Å²) in [6.45, 7) is 7.23. The van der Waals surface area contributed by atoms with Crippen molar-refractivity contribution in [1.82, 2.24) is 9.55 Å². The van der Waals surface area contributed by atoms with E-state index in [0.29, 0.717) is 5.75 Å². The molecule has 0 N–H and O–H groups in total. The van der Waals surface area contributed by atoms with Crippen molar-refractivity contribution in [2.24, 2.45) is 0 Å². The molecule has 0 aliphatic rings. The molecule has 5 heteroatoms. The van der Waals surface area contributed by atoms with E-state index < -0.39 is 0 Å². The van der Waals surface area contributed by atoms with E-state index in [1.54, 1.807) is 11.3 Å². The van der Waals surface area contributed by atoms with Crippen LogP contribution in [0.2, 0.25) is 0 Å². The van der Waals surface area contributed by atoms with Crippen molar-refractivity contribution in [2.75, 3.05) is 5.75 Å². The molecule has 2 aromatic heterocycles. The van der Waals surface area contributed by atoms with Crippen LogP contribution in [0.1, 0.15) is 35.1 Å². The molecule has 0 aliphatic carbocycles. The summed E-state index contributed by atoms with van der Waals surface area (Å²) >= 11 is 3.18. The second-order valence-electron chi connectivity index (χ2n) is 5.60. The molecule has 0 fully saturated rings. The van der Waals surface area contributed by atoms with Gasteiger partial charge in [0.25, 0.3) is 0 Å². The third-order valence-electron chi connectivity index (χ3n) is 3.92. The Morgan fingerprint density at radius 1 is 1.30 bits per heavy atom. The van der Waals surface area contributed by atoms with Crippen molar-refractivity contribution in [2.45, 2.75) is 38.1 Å². The number of thiazole rings is 1. The van der Waals surface area contributed by atoms with Crippen molar-refractivity contribution in [3.8, 4) is 0 Å². The minimum atomic E-state index is 0.185. The van der Waals surface area contributed by atoms with E-state index in [9.17, 15) is 4.79 Å². The molecule has 0 saturated heterocycles. The van der Waals surface area contributed by atoms with E-state index in [0.717, 1.165) is 39.8 Å². The van der Waals surface area contributed by atoms with Crippen LogP contribution >= 0.6 is 23.1 Å². The molecule has 23 heavy (non-hydrogen) atoms. The molecule has 3 rings (SSSR count). The normalized spacial score (nSPS) is 11.3. The van der Waals surface area contributed by atoms with Crippen LogP contribution in [0.5, 0.6) is 0 Å². The maximum absolute atomic E-state index is 12.6. The Bertz CT molecular complexity index is 815. The number of hydrogen-bond donors (Lipinski definition) is 0. The van der Waals surface area contributed by atoms with Gasteiger partial charge in [-0.05, 0) is 38.5 Å². The summed E-state index contributed by atoms with van der Waals surface area (Å²) in [6, 6.07) is 10.1. The smallest absolute Gasteiger partial charge is 0.174 e. The fourth-order valence-corrected chi connectivity index (χ4v) is 4.72. The average Bonchev–Trinajstić information content (AvgIpc) is 3.08. The SMILES string of the molecule is CCCn1c(C)cc(C(=O)CSc2nc3ccccc3s2)c1C. The van der Waals surface area contributed by atoms with E-state index in [1.165, 1.54) is 16.5 Å². The predicted molar refractivity (Wildman–Crippen MR) is 98.9 cm³/mol. The minimum Gasteiger partial charge on any atom is -0.348 e. The second kappa shape index (κ2) is 6.89. The van der Waals surface area contributed by atoms with Crippen LogP contribution in [0, 0.1) is 13.8 Å². The van der Waals surface area contributed by atoms with Gasteiger partial charge in [0.2, 0.25) is 0 Å². The van der Waals surface area contributed by atoms with Crippen LogP contribution in [0.25, 0.3) is 10.2 Å². The molecule has 3 aromatic rings. The molecule has 0 aliphatic heterocycles. The quantitative estimate of drug-likeness (QED) is 0.461. The summed E-state index contributed by atoms with van der Waals surface area (Å²) in [4.78, 5) is 17.1. The lowest BCUT2D eigenvalue weighted by Crippen LogP contribution is -2.06. The zero-order valence-electron chi connectivity index (χ0n) is 13.6. The molecule has 3 nitrogen and oxygen atoms in total. The molecule has 0 radical (unpaired) electrons. The van der Waals surface area contributed by atoms with Gasteiger partial charge in [0.15, 0.2) is 10.1 Å². The molecule has 0 saturated carbocycles. The van der Waals surface area contributed by atoms with Crippen molar-refractivity contribution in [3.63, 3.8) is 0 Å². The standard InChI is InChI=1S/C18H20N2OS2/c1-4-9-20-12(2)10-14(13(20)3)16(21)11-22-18-19-15-7-5-6-8-17(15)23-18/h5-8,10H,4,9,11H2,1-3H3. The maximum atomic E-state index is 12.6. The Morgan fingerprint density at radius 2 is 2.09 bits per heavy atom. The highest BCUT2D eigenvalue weighted by molar-refractivity contribution is 8.01. The third-order valence-corrected chi connectivity index (χ3v) is 6.10. The Morgan fingerprint density at radius 3 is 2.83 bits per heavy atom. The van der Waals surface area contributed by atoms with Crippen molar-refractivity contribution >= 4 is 39.1 Å². The van der Waals surface area contributed by atoms with Crippen LogP contribution in [0.3, 0.4) is 0 Å². The number of aromatic nitrogens is 2. The van der Waals surface area contributed by atoms with Gasteiger partial charge in [-0.1, -0.05) is 30.8 Å². The first kappa shape index (κ1) is 16.3. The van der Waals surface area contributed by atoms with Gasteiger partial charge in [-0.15, -0.1) is 11.3 Å². The van der Waals surface area contributed by atoms with E-state index in [2.05, 4.69) is 29.5 Å². The third kappa shape index (κ3) is 3.35. The second-order valence-corrected chi connectivity index (χ2v) is 7.85. The summed E-state index contributed by atoms with van der Waals surface area (Å²) in [5.74, 6) is 0.626. The molecule has 2 heterocycles. The summed E-state index contributed by atoms with van der Waals surface area (Å²) in [6.07, 6.45) is 1.07. The lowest BCUT2D eigenvalue weighted by atomic mass is 10.2. The monoisotopic (exact) mass is 344 g/mol. The number of benzene rings is 1. The number of hydrogen-bond acceptors (Lipinski definition) is 4. The Balaban J connectivity index is 1.73. The fourth-order valence-electron chi connectivity index (χ4n) is 2.77. The van der Waals surface area contributed by atoms with Crippen molar-refractivity contribution in [1.29, 1.82) is 0 Å². The first-order valence-electron chi connectivity index (χ1n) is 7.78. The van der Waals surface area contributed by atoms with E-state index in [4.69, 9.17) is 0 Å². The van der Waals surface area contributed by atoms with Crippen LogP contribution in [0.15, 0.2) is 34.7 Å². The van der Waals surface area contributed by atoms with Crippen LogP contribution in [-0.4, -0.2) is 21.1 Å². The summed E-state index contributed by atoms with van der Waals surface area (Å²) < 4.78 is 4.36. The van der Waals surface area contributed by atoms with Gasteiger partial charge < -0.3 is 4.57 Å². The molecule has 1 aromatic carbocycles. The number of thioether (sulfide) groups is 1. The number of aryl methyl sites for hydroxylation is 1. The highest BCUT2D eigenvalue weighted by atomic mass is 32.2.